The zero-order chi connectivity index (χ0) is 27.7. The lowest BCUT2D eigenvalue weighted by Gasteiger charge is -2.40. The minimum atomic E-state index is -0.532. The molecule has 1 heterocycles. The molecule has 0 radical (unpaired) electrons. The van der Waals surface area contributed by atoms with E-state index < -0.39 is 5.92 Å². The Balaban J connectivity index is 1.62. The third kappa shape index (κ3) is 4.93. The van der Waals surface area contributed by atoms with Gasteiger partial charge in [0.2, 0.25) is 0 Å². The highest BCUT2D eigenvalue weighted by Gasteiger charge is 2.41. The summed E-state index contributed by atoms with van der Waals surface area (Å²) in [5.41, 5.74) is 13.4. The molecule has 39 heavy (non-hydrogen) atoms. The zero-order valence-corrected chi connectivity index (χ0v) is 23.8. The molecular weight excluding hydrogens is 554 g/mol. The van der Waals surface area contributed by atoms with Gasteiger partial charge in [-0.1, -0.05) is 24.3 Å². The van der Waals surface area contributed by atoms with Gasteiger partial charge in [-0.3, -0.25) is 9.69 Å². The highest BCUT2D eigenvalue weighted by atomic mass is 79.9. The molecular formula is C32H30BrN3O3. The maximum Gasteiger partial charge on any atom is 0.161 e. The Bertz CT molecular complexity index is 1550. The predicted octanol–water partition coefficient (Wildman–Crippen LogP) is 6.96. The number of ketones is 1. The number of anilines is 1. The second-order valence-electron chi connectivity index (χ2n) is 9.87. The molecule has 2 N–H and O–H groups in total. The average Bonchev–Trinajstić information content (AvgIpc) is 2.93. The number of nitrogens with two attached hydrogens (primary N) is 1. The van der Waals surface area contributed by atoms with E-state index in [2.05, 4.69) is 34.1 Å². The Morgan fingerprint density at radius 3 is 2.51 bits per heavy atom. The van der Waals surface area contributed by atoms with Gasteiger partial charge >= 0.3 is 0 Å². The van der Waals surface area contributed by atoms with Crippen LogP contribution in [0.15, 0.2) is 87.8 Å². The smallest absolute Gasteiger partial charge is 0.161 e. The molecule has 3 aromatic carbocycles. The number of benzene rings is 3. The van der Waals surface area contributed by atoms with Crippen molar-refractivity contribution < 1.29 is 14.3 Å². The number of allylic oxidation sites excluding steroid dienone is 3. The number of ether oxygens (including phenoxy) is 2. The van der Waals surface area contributed by atoms with Gasteiger partial charge in [0.15, 0.2) is 5.78 Å². The number of hydrogen-bond acceptors (Lipinski definition) is 6. The predicted molar refractivity (Wildman–Crippen MR) is 155 cm³/mol. The molecule has 0 fully saturated rings. The number of aryl methyl sites for hydroxylation is 2. The summed E-state index contributed by atoms with van der Waals surface area (Å²) in [5, 5.41) is 10.4. The van der Waals surface area contributed by atoms with Crippen LogP contribution in [0.2, 0.25) is 0 Å². The van der Waals surface area contributed by atoms with Crippen LogP contribution in [0.4, 0.5) is 5.69 Å². The fourth-order valence-electron chi connectivity index (χ4n) is 5.52. The molecule has 0 aromatic heterocycles. The van der Waals surface area contributed by atoms with Crippen molar-refractivity contribution in [3.05, 3.63) is 110 Å². The molecule has 5 rings (SSSR count). The summed E-state index contributed by atoms with van der Waals surface area (Å²) in [6.45, 7) is 4.43. The van der Waals surface area contributed by atoms with Gasteiger partial charge in [0.1, 0.15) is 23.9 Å². The van der Waals surface area contributed by atoms with Crippen LogP contribution in [0.3, 0.4) is 0 Å². The van der Waals surface area contributed by atoms with Gasteiger partial charge in [-0.15, -0.1) is 0 Å². The number of rotatable bonds is 6. The topological polar surface area (TPSA) is 88.6 Å². The van der Waals surface area contributed by atoms with Gasteiger partial charge in [-0.05, 0) is 101 Å². The van der Waals surface area contributed by atoms with Crippen LogP contribution in [0, 0.1) is 25.2 Å². The summed E-state index contributed by atoms with van der Waals surface area (Å²) in [6, 6.07) is 21.8. The quantitative estimate of drug-likeness (QED) is 0.337. The average molecular weight is 585 g/mol. The molecule has 0 saturated carbocycles. The fourth-order valence-corrected chi connectivity index (χ4v) is 5.92. The summed E-state index contributed by atoms with van der Waals surface area (Å²) >= 11 is 3.54. The van der Waals surface area contributed by atoms with Crippen molar-refractivity contribution in [2.24, 2.45) is 5.73 Å². The molecule has 7 heteroatoms. The molecule has 0 amide bonds. The van der Waals surface area contributed by atoms with Gasteiger partial charge in [0.25, 0.3) is 0 Å². The number of halogens is 1. The number of methoxy groups -OCH3 is 1. The van der Waals surface area contributed by atoms with E-state index in [1.54, 1.807) is 7.11 Å². The summed E-state index contributed by atoms with van der Waals surface area (Å²) in [6.07, 6.45) is 1.89. The van der Waals surface area contributed by atoms with Crippen molar-refractivity contribution >= 4 is 27.4 Å². The van der Waals surface area contributed by atoms with E-state index in [9.17, 15) is 10.1 Å². The van der Waals surface area contributed by atoms with Gasteiger partial charge in [-0.25, -0.2) is 0 Å². The maximum absolute atomic E-state index is 13.6. The molecule has 1 atom stereocenters. The Kier molecular flexibility index (Phi) is 7.49. The van der Waals surface area contributed by atoms with Crippen molar-refractivity contribution in [2.45, 2.75) is 45.6 Å². The first-order valence-electron chi connectivity index (χ1n) is 12.9. The van der Waals surface area contributed by atoms with Crippen LogP contribution < -0.4 is 20.1 Å². The van der Waals surface area contributed by atoms with Crippen LogP contribution in [-0.2, 0) is 11.4 Å². The summed E-state index contributed by atoms with van der Waals surface area (Å²) in [5.74, 6) is 1.35. The number of Topliss-reactive ketones (excluding diaryl/α,β-unsaturated/α-hetero) is 1. The molecule has 6 nitrogen and oxygen atoms in total. The first kappa shape index (κ1) is 26.6. The Morgan fingerprint density at radius 2 is 1.82 bits per heavy atom. The number of hydrogen-bond donors (Lipinski definition) is 1. The van der Waals surface area contributed by atoms with E-state index >= 15 is 0 Å². The molecule has 2 aliphatic rings. The monoisotopic (exact) mass is 583 g/mol. The lowest BCUT2D eigenvalue weighted by molar-refractivity contribution is -0.116. The zero-order valence-electron chi connectivity index (χ0n) is 22.3. The Hall–Kier alpha value is -4.02. The molecule has 198 valence electrons. The second-order valence-corrected chi connectivity index (χ2v) is 10.7. The number of carbonyl (C=O) groups excluding carboxylic acids is 1. The largest absolute Gasteiger partial charge is 0.497 e. The van der Waals surface area contributed by atoms with Crippen molar-refractivity contribution in [3.63, 3.8) is 0 Å². The standard InChI is InChI=1S/C32H30BrN3O3/c1-19-15-20(2)24(16-21(19)18-39-29-10-5-4-7-26(29)33)30-25(17-34)32(35)36(22-11-13-23(38-3)14-12-22)27-8-6-9-28(37)31(27)30/h4-5,7,10-16,30H,6,8-9,18,35H2,1-3H3. The van der Waals surface area contributed by atoms with Crippen molar-refractivity contribution in [1.29, 1.82) is 5.26 Å². The van der Waals surface area contributed by atoms with E-state index in [0.717, 1.165) is 56.0 Å². The number of nitriles is 1. The molecule has 0 bridgehead atoms. The van der Waals surface area contributed by atoms with Gasteiger partial charge in [-0.2, -0.15) is 5.26 Å². The van der Waals surface area contributed by atoms with E-state index in [1.807, 2.05) is 67.3 Å². The van der Waals surface area contributed by atoms with E-state index in [4.69, 9.17) is 15.2 Å². The highest BCUT2D eigenvalue weighted by Crippen LogP contribution is 2.47. The van der Waals surface area contributed by atoms with Crippen LogP contribution in [0.5, 0.6) is 11.5 Å². The third-order valence-electron chi connectivity index (χ3n) is 7.50. The summed E-state index contributed by atoms with van der Waals surface area (Å²) in [4.78, 5) is 15.4. The number of nitrogens with zero attached hydrogens (tertiary/aromatic N) is 2. The van der Waals surface area contributed by atoms with Crippen molar-refractivity contribution in [1.82, 2.24) is 0 Å². The highest BCUT2D eigenvalue weighted by molar-refractivity contribution is 9.10. The van der Waals surface area contributed by atoms with E-state index in [1.165, 1.54) is 0 Å². The molecule has 1 unspecified atom stereocenters. The van der Waals surface area contributed by atoms with E-state index in [0.29, 0.717) is 36.4 Å². The number of para-hydroxylation sites is 1. The van der Waals surface area contributed by atoms with Gasteiger partial charge < -0.3 is 15.2 Å². The molecule has 0 spiro atoms. The van der Waals surface area contributed by atoms with Crippen LogP contribution in [0.25, 0.3) is 0 Å². The lowest BCUT2D eigenvalue weighted by Crippen LogP contribution is -2.38. The van der Waals surface area contributed by atoms with Crippen LogP contribution in [0.1, 0.15) is 47.4 Å². The fraction of sp³-hybridized carbons (Fsp3) is 0.250. The number of carbonyl (C=O) groups is 1. The van der Waals surface area contributed by atoms with Gasteiger partial charge in [0.05, 0.1) is 29.1 Å². The Morgan fingerprint density at radius 1 is 1.08 bits per heavy atom. The minimum Gasteiger partial charge on any atom is -0.497 e. The summed E-state index contributed by atoms with van der Waals surface area (Å²) < 4.78 is 12.3. The first-order chi connectivity index (χ1) is 18.8. The van der Waals surface area contributed by atoms with Gasteiger partial charge in [0, 0.05) is 23.4 Å². The van der Waals surface area contributed by atoms with E-state index in [-0.39, 0.29) is 5.78 Å². The lowest BCUT2D eigenvalue weighted by atomic mass is 9.74. The normalized spacial score (nSPS) is 17.2. The van der Waals surface area contributed by atoms with Crippen LogP contribution in [-0.4, -0.2) is 12.9 Å². The van der Waals surface area contributed by atoms with Crippen molar-refractivity contribution in [3.8, 4) is 17.6 Å². The minimum absolute atomic E-state index is 0.0611. The molecule has 1 aliphatic carbocycles. The molecule has 0 saturated heterocycles. The van der Waals surface area contributed by atoms with Crippen LogP contribution >= 0.6 is 15.9 Å². The summed E-state index contributed by atoms with van der Waals surface area (Å²) in [7, 11) is 1.62. The first-order valence-corrected chi connectivity index (χ1v) is 13.7. The molecule has 1 aliphatic heterocycles. The van der Waals surface area contributed by atoms with Crippen molar-refractivity contribution in [2.75, 3.05) is 12.0 Å². The molecule has 3 aromatic rings. The Labute approximate surface area is 237 Å². The SMILES string of the molecule is COc1ccc(N2C(N)=C(C#N)C(c3cc(COc4ccccc4Br)c(C)cc3C)C3=C2CCCC3=O)cc1. The third-order valence-corrected chi connectivity index (χ3v) is 8.15. The maximum atomic E-state index is 13.6. The second kappa shape index (κ2) is 11.0.